The summed E-state index contributed by atoms with van der Waals surface area (Å²) in [5, 5.41) is 8.59. The normalized spacial score (nSPS) is 10.0. The third-order valence-corrected chi connectivity index (χ3v) is 2.55. The highest BCUT2D eigenvalue weighted by atomic mass is 15.0. The van der Waals surface area contributed by atoms with Crippen molar-refractivity contribution >= 4 is 0 Å². The fourth-order valence-electron chi connectivity index (χ4n) is 1.69. The molecule has 0 amide bonds. The Morgan fingerprint density at radius 2 is 2.06 bits per heavy atom. The molecule has 0 saturated heterocycles. The number of hydrogen-bond donors (Lipinski definition) is 0. The van der Waals surface area contributed by atoms with E-state index in [1.165, 1.54) is 0 Å². The lowest BCUT2D eigenvalue weighted by atomic mass is 10.1. The molecule has 0 N–H and O–H groups in total. The molecule has 80 valence electrons. The number of nitriles is 1. The van der Waals surface area contributed by atoms with Gasteiger partial charge in [0.05, 0.1) is 12.5 Å². The van der Waals surface area contributed by atoms with Gasteiger partial charge in [-0.3, -0.25) is 0 Å². The van der Waals surface area contributed by atoms with Crippen LogP contribution < -0.4 is 0 Å². The number of nitrogens with zero attached hydrogens (tertiary/aromatic N) is 3. The van der Waals surface area contributed by atoms with Crippen molar-refractivity contribution < 1.29 is 0 Å². The van der Waals surface area contributed by atoms with Gasteiger partial charge in [0.25, 0.3) is 0 Å². The van der Waals surface area contributed by atoms with Crippen LogP contribution in [0.25, 0.3) is 11.4 Å². The van der Waals surface area contributed by atoms with Crippen molar-refractivity contribution in [2.45, 2.75) is 19.9 Å². The van der Waals surface area contributed by atoms with Crippen LogP contribution in [0.15, 0.2) is 36.7 Å². The first kappa shape index (κ1) is 10.4. The lowest BCUT2D eigenvalue weighted by Crippen LogP contribution is -1.96. The molecule has 0 aliphatic rings. The number of aromatic nitrogens is 2. The number of hydrogen-bond acceptors (Lipinski definition) is 2. The van der Waals surface area contributed by atoms with Crippen molar-refractivity contribution in [3.8, 4) is 17.5 Å². The van der Waals surface area contributed by atoms with Crippen LogP contribution in [-0.4, -0.2) is 9.55 Å². The van der Waals surface area contributed by atoms with Crippen LogP contribution in [0.2, 0.25) is 0 Å². The topological polar surface area (TPSA) is 41.6 Å². The van der Waals surface area contributed by atoms with Gasteiger partial charge in [-0.05, 0) is 12.5 Å². The minimum atomic E-state index is 0.461. The highest BCUT2D eigenvalue weighted by molar-refractivity contribution is 5.56. The van der Waals surface area contributed by atoms with Crippen LogP contribution in [0, 0.1) is 11.3 Å². The van der Waals surface area contributed by atoms with E-state index < -0.39 is 0 Å². The van der Waals surface area contributed by atoms with Crippen LogP contribution in [-0.2, 0) is 13.0 Å². The van der Waals surface area contributed by atoms with Crippen LogP contribution in [0.3, 0.4) is 0 Å². The van der Waals surface area contributed by atoms with Gasteiger partial charge < -0.3 is 4.57 Å². The van der Waals surface area contributed by atoms with Crippen molar-refractivity contribution in [3.63, 3.8) is 0 Å². The van der Waals surface area contributed by atoms with E-state index in [1.54, 1.807) is 0 Å². The molecule has 0 fully saturated rings. The molecular weight excluding hydrogens is 198 g/mol. The summed E-state index contributed by atoms with van der Waals surface area (Å²) in [7, 11) is 0. The molecule has 16 heavy (non-hydrogen) atoms. The Morgan fingerprint density at radius 1 is 1.31 bits per heavy atom. The SMILES string of the molecule is CCn1ccnc1-c1ccc(CC#N)cc1. The average Bonchev–Trinajstić information content (AvgIpc) is 2.78. The van der Waals surface area contributed by atoms with E-state index in [9.17, 15) is 0 Å². The van der Waals surface area contributed by atoms with Gasteiger partial charge in [-0.25, -0.2) is 4.98 Å². The molecule has 1 aromatic heterocycles. The zero-order chi connectivity index (χ0) is 11.4. The van der Waals surface area contributed by atoms with Gasteiger partial charge >= 0.3 is 0 Å². The lowest BCUT2D eigenvalue weighted by molar-refractivity contribution is 0.771. The van der Waals surface area contributed by atoms with Gasteiger partial charge in [0.2, 0.25) is 0 Å². The maximum Gasteiger partial charge on any atom is 0.139 e. The van der Waals surface area contributed by atoms with E-state index in [0.29, 0.717) is 6.42 Å². The number of imidazole rings is 1. The molecule has 0 atom stereocenters. The zero-order valence-electron chi connectivity index (χ0n) is 9.22. The minimum Gasteiger partial charge on any atom is -0.331 e. The third-order valence-electron chi connectivity index (χ3n) is 2.55. The van der Waals surface area contributed by atoms with E-state index in [0.717, 1.165) is 23.5 Å². The minimum absolute atomic E-state index is 0.461. The van der Waals surface area contributed by atoms with Gasteiger partial charge in [-0.1, -0.05) is 24.3 Å². The first-order valence-electron chi connectivity index (χ1n) is 5.32. The summed E-state index contributed by atoms with van der Waals surface area (Å²) in [6.45, 7) is 3.00. The van der Waals surface area contributed by atoms with Crippen molar-refractivity contribution in [1.29, 1.82) is 5.26 Å². The highest BCUT2D eigenvalue weighted by Gasteiger charge is 2.03. The largest absolute Gasteiger partial charge is 0.331 e. The fraction of sp³-hybridized carbons (Fsp3) is 0.231. The van der Waals surface area contributed by atoms with Gasteiger partial charge in [0.15, 0.2) is 0 Å². The lowest BCUT2D eigenvalue weighted by Gasteiger charge is -2.04. The number of benzene rings is 1. The summed E-state index contributed by atoms with van der Waals surface area (Å²) >= 11 is 0. The van der Waals surface area contributed by atoms with Crippen molar-refractivity contribution in [3.05, 3.63) is 42.2 Å². The van der Waals surface area contributed by atoms with Gasteiger partial charge in [0, 0.05) is 24.5 Å². The Hall–Kier alpha value is -2.08. The van der Waals surface area contributed by atoms with Crippen LogP contribution >= 0.6 is 0 Å². The maximum atomic E-state index is 8.59. The molecule has 3 nitrogen and oxygen atoms in total. The molecule has 1 heterocycles. The van der Waals surface area contributed by atoms with Gasteiger partial charge in [-0.15, -0.1) is 0 Å². The summed E-state index contributed by atoms with van der Waals surface area (Å²) in [5.74, 6) is 0.978. The second-order valence-corrected chi connectivity index (χ2v) is 3.57. The molecule has 0 saturated carbocycles. The maximum absolute atomic E-state index is 8.59. The van der Waals surface area contributed by atoms with Crippen LogP contribution in [0.1, 0.15) is 12.5 Å². The Balaban J connectivity index is 2.32. The Kier molecular flexibility index (Phi) is 3.02. The summed E-state index contributed by atoms with van der Waals surface area (Å²) < 4.78 is 2.10. The first-order valence-corrected chi connectivity index (χ1v) is 5.32. The smallest absolute Gasteiger partial charge is 0.139 e. The predicted molar refractivity (Wildman–Crippen MR) is 62.7 cm³/mol. The zero-order valence-corrected chi connectivity index (χ0v) is 9.22. The monoisotopic (exact) mass is 211 g/mol. The fourth-order valence-corrected chi connectivity index (χ4v) is 1.69. The summed E-state index contributed by atoms with van der Waals surface area (Å²) in [5.41, 5.74) is 2.13. The van der Waals surface area contributed by atoms with Crippen molar-refractivity contribution in [2.75, 3.05) is 0 Å². The van der Waals surface area contributed by atoms with Crippen LogP contribution in [0.5, 0.6) is 0 Å². The molecule has 1 aromatic carbocycles. The quantitative estimate of drug-likeness (QED) is 0.783. The average molecular weight is 211 g/mol. The first-order chi connectivity index (χ1) is 7.85. The van der Waals surface area contributed by atoms with Gasteiger partial charge in [-0.2, -0.15) is 5.26 Å². The summed E-state index contributed by atoms with van der Waals surface area (Å²) in [6.07, 6.45) is 4.24. The van der Waals surface area contributed by atoms with Crippen molar-refractivity contribution in [1.82, 2.24) is 9.55 Å². The second kappa shape index (κ2) is 4.63. The van der Waals surface area contributed by atoms with E-state index in [1.807, 2.05) is 36.7 Å². The second-order valence-electron chi connectivity index (χ2n) is 3.57. The molecule has 0 aliphatic carbocycles. The predicted octanol–water partition coefficient (Wildman–Crippen LogP) is 2.64. The van der Waals surface area contributed by atoms with Crippen LogP contribution in [0.4, 0.5) is 0 Å². The van der Waals surface area contributed by atoms with E-state index in [-0.39, 0.29) is 0 Å². The summed E-state index contributed by atoms with van der Waals surface area (Å²) in [4.78, 5) is 4.33. The molecule has 0 radical (unpaired) electrons. The van der Waals surface area contributed by atoms with Crippen molar-refractivity contribution in [2.24, 2.45) is 0 Å². The van der Waals surface area contributed by atoms with E-state index in [2.05, 4.69) is 22.5 Å². The Bertz CT molecular complexity index is 503. The highest BCUT2D eigenvalue weighted by Crippen LogP contribution is 2.18. The summed E-state index contributed by atoms with van der Waals surface area (Å²) in [6, 6.07) is 10.1. The molecule has 3 heteroatoms. The standard InChI is InChI=1S/C13H13N3/c1-2-16-10-9-15-13(16)12-5-3-11(4-6-12)7-8-14/h3-6,9-10H,2,7H2,1H3. The number of aryl methyl sites for hydroxylation is 1. The van der Waals surface area contributed by atoms with E-state index in [4.69, 9.17) is 5.26 Å². The molecular formula is C13H13N3. The third kappa shape index (κ3) is 1.96. The Labute approximate surface area is 95.0 Å². The molecule has 0 spiro atoms. The Morgan fingerprint density at radius 3 is 2.69 bits per heavy atom. The molecule has 0 bridgehead atoms. The molecule has 2 rings (SSSR count). The van der Waals surface area contributed by atoms with Gasteiger partial charge in [0.1, 0.15) is 5.82 Å². The molecule has 0 unspecified atom stereocenters. The molecule has 2 aromatic rings. The number of rotatable bonds is 3. The van der Waals surface area contributed by atoms with E-state index >= 15 is 0 Å². The molecule has 0 aliphatic heterocycles.